The topological polar surface area (TPSA) is 4.93 Å². The van der Waals surface area contributed by atoms with Gasteiger partial charge in [-0.3, -0.25) is 0 Å². The molecule has 0 aliphatic rings. The van der Waals surface area contributed by atoms with Gasteiger partial charge in [-0.2, -0.15) is 0 Å². The van der Waals surface area contributed by atoms with E-state index in [2.05, 4.69) is 166 Å². The largest absolute Gasteiger partial charge is 0.309 e. The summed E-state index contributed by atoms with van der Waals surface area (Å²) in [6.07, 6.45) is 0. The molecule has 0 saturated carbocycles. The molecule has 40 heavy (non-hydrogen) atoms. The van der Waals surface area contributed by atoms with Crippen LogP contribution >= 0.6 is 15.9 Å². The highest BCUT2D eigenvalue weighted by Crippen LogP contribution is 2.43. The van der Waals surface area contributed by atoms with Crippen molar-refractivity contribution < 1.29 is 0 Å². The molecule has 0 saturated heterocycles. The predicted octanol–water partition coefficient (Wildman–Crippen LogP) is 11.2. The first-order chi connectivity index (χ1) is 19.8. The van der Waals surface area contributed by atoms with Crippen molar-refractivity contribution in [2.24, 2.45) is 0 Å². The third-order valence-electron chi connectivity index (χ3n) is 8.03. The van der Waals surface area contributed by atoms with Crippen molar-refractivity contribution in [3.05, 3.63) is 150 Å². The maximum absolute atomic E-state index is 3.74. The van der Waals surface area contributed by atoms with Crippen LogP contribution in [0.1, 0.15) is 0 Å². The van der Waals surface area contributed by atoms with Crippen LogP contribution in [0, 0.1) is 0 Å². The Balaban J connectivity index is 1.48. The van der Waals surface area contributed by atoms with E-state index < -0.39 is 0 Å². The van der Waals surface area contributed by atoms with Crippen LogP contribution in [0.3, 0.4) is 0 Å². The summed E-state index contributed by atoms with van der Waals surface area (Å²) in [5.41, 5.74) is 8.44. The Hall–Kier alpha value is -4.66. The highest BCUT2D eigenvalue weighted by Gasteiger charge is 2.19. The number of fused-ring (bicyclic) bond motifs is 8. The molecule has 0 spiro atoms. The van der Waals surface area contributed by atoms with Crippen LogP contribution in [0.15, 0.2) is 150 Å². The summed E-state index contributed by atoms with van der Waals surface area (Å²) >= 11 is 3.74. The summed E-state index contributed by atoms with van der Waals surface area (Å²) < 4.78 is 3.56. The molecule has 0 radical (unpaired) electrons. The Morgan fingerprint density at radius 3 is 1.85 bits per heavy atom. The zero-order valence-corrected chi connectivity index (χ0v) is 23.3. The number of nitrogens with zero attached hydrogens (tertiary/aromatic N) is 1. The molecule has 188 valence electrons. The van der Waals surface area contributed by atoms with Crippen molar-refractivity contribution in [3.63, 3.8) is 0 Å². The first-order valence-electron chi connectivity index (χ1n) is 13.6. The fraction of sp³-hybridized carbons (Fsp3) is 0. The number of aromatic nitrogens is 1. The molecule has 2 heteroatoms. The first kappa shape index (κ1) is 23.2. The highest BCUT2D eigenvalue weighted by atomic mass is 79.9. The molecule has 0 amide bonds. The van der Waals surface area contributed by atoms with Crippen LogP contribution < -0.4 is 0 Å². The molecule has 1 heterocycles. The summed E-state index contributed by atoms with van der Waals surface area (Å²) in [5.74, 6) is 0. The van der Waals surface area contributed by atoms with Crippen molar-refractivity contribution in [2.75, 3.05) is 0 Å². The van der Waals surface area contributed by atoms with E-state index in [1.165, 1.54) is 71.3 Å². The first-order valence-corrected chi connectivity index (χ1v) is 14.4. The Morgan fingerprint density at radius 2 is 1.05 bits per heavy atom. The molecule has 0 fully saturated rings. The average Bonchev–Trinajstić information content (AvgIpc) is 3.37. The van der Waals surface area contributed by atoms with Gasteiger partial charge in [0.25, 0.3) is 0 Å². The van der Waals surface area contributed by atoms with Gasteiger partial charge in [-0.1, -0.05) is 131 Å². The SMILES string of the molecule is Brc1ccccc1-c1cccc(-c2ccc3c4c5ccccc5c5ccccc5c4n(-c4ccccc4)c3c2)c1. The number of halogens is 1. The van der Waals surface area contributed by atoms with Crippen molar-refractivity contribution in [1.82, 2.24) is 4.57 Å². The maximum Gasteiger partial charge on any atom is 0.0625 e. The van der Waals surface area contributed by atoms with Gasteiger partial charge >= 0.3 is 0 Å². The lowest BCUT2D eigenvalue weighted by Gasteiger charge is -2.12. The van der Waals surface area contributed by atoms with Gasteiger partial charge in [0.2, 0.25) is 0 Å². The normalized spacial score (nSPS) is 11.6. The summed E-state index contributed by atoms with van der Waals surface area (Å²) in [7, 11) is 0. The second-order valence-electron chi connectivity index (χ2n) is 10.3. The lowest BCUT2D eigenvalue weighted by molar-refractivity contribution is 1.19. The molecule has 7 aromatic carbocycles. The Bertz CT molecular complexity index is 2220. The van der Waals surface area contributed by atoms with E-state index in [-0.39, 0.29) is 0 Å². The summed E-state index contributed by atoms with van der Waals surface area (Å²) in [5, 5.41) is 7.72. The van der Waals surface area contributed by atoms with Gasteiger partial charge in [-0.05, 0) is 68.7 Å². The van der Waals surface area contributed by atoms with E-state index in [1.54, 1.807) is 0 Å². The van der Waals surface area contributed by atoms with E-state index in [9.17, 15) is 0 Å². The Morgan fingerprint density at radius 1 is 0.425 bits per heavy atom. The van der Waals surface area contributed by atoms with E-state index in [4.69, 9.17) is 0 Å². The molecule has 1 aromatic heterocycles. The quantitative estimate of drug-likeness (QED) is 0.185. The maximum atomic E-state index is 3.74. The zero-order chi connectivity index (χ0) is 26.6. The van der Waals surface area contributed by atoms with Crippen molar-refractivity contribution in [1.29, 1.82) is 0 Å². The zero-order valence-electron chi connectivity index (χ0n) is 21.7. The molecule has 1 nitrogen and oxygen atoms in total. The second kappa shape index (κ2) is 9.22. The number of para-hydroxylation sites is 1. The molecule has 8 rings (SSSR count). The third kappa shape index (κ3) is 3.53. The molecule has 0 bridgehead atoms. The van der Waals surface area contributed by atoms with Gasteiger partial charge in [-0.15, -0.1) is 0 Å². The standard InChI is InChI=1S/C38H24BrN/c39-35-20-9-8-15-29(35)27-12-10-11-25(23-27)26-21-22-34-36(24-26)40(28-13-2-1-3-14-28)38-33-19-7-5-17-31(33)30-16-4-6-18-32(30)37(34)38/h1-24H. The highest BCUT2D eigenvalue weighted by molar-refractivity contribution is 9.10. The third-order valence-corrected chi connectivity index (χ3v) is 8.72. The Labute approximate surface area is 241 Å². The summed E-state index contributed by atoms with van der Waals surface area (Å²) in [6.45, 7) is 0. The van der Waals surface area contributed by atoms with Crippen LogP contribution in [0.5, 0.6) is 0 Å². The van der Waals surface area contributed by atoms with Crippen LogP contribution in [-0.4, -0.2) is 4.57 Å². The van der Waals surface area contributed by atoms with E-state index in [1.807, 2.05) is 0 Å². The van der Waals surface area contributed by atoms with Gasteiger partial charge < -0.3 is 4.57 Å². The fourth-order valence-electron chi connectivity index (χ4n) is 6.26. The summed E-state index contributed by atoms with van der Waals surface area (Å²) in [6, 6.07) is 52.6. The predicted molar refractivity (Wildman–Crippen MR) is 174 cm³/mol. The molecule has 8 aromatic rings. The van der Waals surface area contributed by atoms with Crippen LogP contribution in [0.4, 0.5) is 0 Å². The molecule has 0 unspecified atom stereocenters. The van der Waals surface area contributed by atoms with Gasteiger partial charge in [0.05, 0.1) is 11.0 Å². The minimum Gasteiger partial charge on any atom is -0.309 e. The van der Waals surface area contributed by atoms with E-state index in [0.29, 0.717) is 0 Å². The Kier molecular flexibility index (Phi) is 5.36. The van der Waals surface area contributed by atoms with Gasteiger partial charge in [-0.25, -0.2) is 0 Å². The average molecular weight is 575 g/mol. The number of benzene rings is 7. The minimum atomic E-state index is 1.10. The van der Waals surface area contributed by atoms with Gasteiger partial charge in [0.15, 0.2) is 0 Å². The molecule has 0 aliphatic heterocycles. The summed E-state index contributed by atoms with van der Waals surface area (Å²) in [4.78, 5) is 0. The number of hydrogen-bond acceptors (Lipinski definition) is 0. The van der Waals surface area contributed by atoms with E-state index in [0.717, 1.165) is 4.47 Å². The van der Waals surface area contributed by atoms with Crippen LogP contribution in [0.2, 0.25) is 0 Å². The smallest absolute Gasteiger partial charge is 0.0625 e. The second-order valence-corrected chi connectivity index (χ2v) is 11.1. The van der Waals surface area contributed by atoms with Gasteiger partial charge in [0.1, 0.15) is 0 Å². The van der Waals surface area contributed by atoms with Crippen molar-refractivity contribution >= 4 is 59.3 Å². The van der Waals surface area contributed by atoms with Crippen molar-refractivity contribution in [2.45, 2.75) is 0 Å². The minimum absolute atomic E-state index is 1.10. The van der Waals surface area contributed by atoms with Crippen LogP contribution in [-0.2, 0) is 0 Å². The van der Waals surface area contributed by atoms with Gasteiger partial charge in [0, 0.05) is 26.3 Å². The lowest BCUT2D eigenvalue weighted by Crippen LogP contribution is -1.94. The molecular weight excluding hydrogens is 550 g/mol. The molecule has 0 aliphatic carbocycles. The molecule has 0 atom stereocenters. The fourth-order valence-corrected chi connectivity index (χ4v) is 6.78. The molecule has 0 N–H and O–H groups in total. The van der Waals surface area contributed by atoms with E-state index >= 15 is 0 Å². The number of rotatable bonds is 3. The lowest BCUT2D eigenvalue weighted by atomic mass is 9.95. The van der Waals surface area contributed by atoms with Crippen molar-refractivity contribution in [3.8, 4) is 27.9 Å². The number of hydrogen-bond donors (Lipinski definition) is 0. The monoisotopic (exact) mass is 573 g/mol. The molecular formula is C38H24BrN. The van der Waals surface area contributed by atoms with Crippen LogP contribution in [0.25, 0.3) is 71.3 Å².